The molecule has 0 unspecified atom stereocenters. The van der Waals surface area contributed by atoms with Gasteiger partial charge in [-0.05, 0) is 68.8 Å². The maximum absolute atomic E-state index is 14.1. The fourth-order valence-corrected chi connectivity index (χ4v) is 3.64. The highest BCUT2D eigenvalue weighted by Crippen LogP contribution is 2.25. The maximum atomic E-state index is 14.1. The molecule has 0 atom stereocenters. The number of benzene rings is 3. The first-order valence-corrected chi connectivity index (χ1v) is 11.2. The largest absolute Gasteiger partial charge is 0.444 e. The van der Waals surface area contributed by atoms with E-state index in [0.29, 0.717) is 22.3 Å². The van der Waals surface area contributed by atoms with Crippen LogP contribution in [0.3, 0.4) is 0 Å². The lowest BCUT2D eigenvalue weighted by Gasteiger charge is -2.20. The van der Waals surface area contributed by atoms with Gasteiger partial charge in [0, 0.05) is 11.3 Å². The van der Waals surface area contributed by atoms with Gasteiger partial charge in [0.15, 0.2) is 0 Å². The van der Waals surface area contributed by atoms with Gasteiger partial charge in [0.2, 0.25) is 0 Å². The van der Waals surface area contributed by atoms with Crippen molar-refractivity contribution in [2.24, 2.45) is 0 Å². The van der Waals surface area contributed by atoms with Crippen molar-refractivity contribution >= 4 is 35.2 Å². The average molecular weight is 490 g/mol. The second kappa shape index (κ2) is 9.61. The Morgan fingerprint density at radius 1 is 0.889 bits per heavy atom. The first-order chi connectivity index (χ1) is 17.0. The van der Waals surface area contributed by atoms with E-state index in [1.807, 2.05) is 0 Å². The second-order valence-electron chi connectivity index (χ2n) is 9.21. The number of anilines is 2. The van der Waals surface area contributed by atoms with E-state index in [9.17, 15) is 23.6 Å². The molecule has 3 aromatic carbocycles. The molecular formula is C27H24FN3O5. The zero-order chi connectivity index (χ0) is 26.0. The lowest BCUT2D eigenvalue weighted by Crippen LogP contribution is -2.29. The van der Waals surface area contributed by atoms with Crippen LogP contribution in [-0.2, 0) is 11.3 Å². The number of ether oxygens (including phenoxy) is 1. The quantitative estimate of drug-likeness (QED) is 0.478. The van der Waals surface area contributed by atoms with Crippen molar-refractivity contribution in [1.82, 2.24) is 4.90 Å². The van der Waals surface area contributed by atoms with Gasteiger partial charge >= 0.3 is 6.09 Å². The van der Waals surface area contributed by atoms with Gasteiger partial charge in [-0.15, -0.1) is 0 Å². The zero-order valence-corrected chi connectivity index (χ0v) is 19.9. The Labute approximate surface area is 207 Å². The zero-order valence-electron chi connectivity index (χ0n) is 19.9. The Hall–Kier alpha value is -4.53. The Bertz CT molecular complexity index is 1330. The molecule has 36 heavy (non-hydrogen) atoms. The van der Waals surface area contributed by atoms with Gasteiger partial charge in [-0.3, -0.25) is 24.6 Å². The number of nitrogens with one attached hydrogen (secondary N) is 2. The highest BCUT2D eigenvalue weighted by molar-refractivity contribution is 6.21. The molecular weight excluding hydrogens is 465 g/mol. The smallest absolute Gasteiger partial charge is 0.412 e. The Morgan fingerprint density at radius 3 is 2.08 bits per heavy atom. The summed E-state index contributed by atoms with van der Waals surface area (Å²) in [7, 11) is 0. The molecule has 0 spiro atoms. The van der Waals surface area contributed by atoms with Crippen molar-refractivity contribution in [3.63, 3.8) is 0 Å². The van der Waals surface area contributed by atoms with Gasteiger partial charge in [0.25, 0.3) is 17.7 Å². The van der Waals surface area contributed by atoms with Crippen molar-refractivity contribution in [1.29, 1.82) is 0 Å². The van der Waals surface area contributed by atoms with Gasteiger partial charge in [-0.25, -0.2) is 9.18 Å². The molecule has 0 bridgehead atoms. The van der Waals surface area contributed by atoms with Crippen LogP contribution in [0.15, 0.2) is 66.7 Å². The molecule has 3 aromatic rings. The van der Waals surface area contributed by atoms with Gasteiger partial charge in [0.1, 0.15) is 11.4 Å². The summed E-state index contributed by atoms with van der Waals surface area (Å²) in [6.07, 6.45) is -0.821. The topological polar surface area (TPSA) is 105 Å². The number of carbonyl (C=O) groups excluding carboxylic acids is 4. The number of hydrogen-bond acceptors (Lipinski definition) is 5. The molecule has 0 aliphatic carbocycles. The van der Waals surface area contributed by atoms with Crippen LogP contribution in [0.25, 0.3) is 0 Å². The number of hydrogen-bond donors (Lipinski definition) is 2. The summed E-state index contributed by atoms with van der Waals surface area (Å²) >= 11 is 0. The Morgan fingerprint density at radius 2 is 1.50 bits per heavy atom. The molecule has 1 aliphatic heterocycles. The molecule has 8 nitrogen and oxygen atoms in total. The third kappa shape index (κ3) is 5.41. The third-order valence-electron chi connectivity index (χ3n) is 5.29. The van der Waals surface area contributed by atoms with E-state index in [4.69, 9.17) is 4.74 Å². The summed E-state index contributed by atoms with van der Waals surface area (Å²) in [6.45, 7) is 5.13. The molecule has 4 rings (SSSR count). The molecule has 4 amide bonds. The van der Waals surface area contributed by atoms with Gasteiger partial charge in [-0.1, -0.05) is 24.3 Å². The van der Waals surface area contributed by atoms with E-state index < -0.39 is 23.4 Å². The second-order valence-corrected chi connectivity index (χ2v) is 9.21. The lowest BCUT2D eigenvalue weighted by atomic mass is 10.1. The summed E-state index contributed by atoms with van der Waals surface area (Å²) < 4.78 is 19.3. The molecule has 2 N–H and O–H groups in total. The number of halogens is 1. The molecule has 0 aromatic heterocycles. The van der Waals surface area contributed by atoms with Crippen molar-refractivity contribution in [2.75, 3.05) is 10.6 Å². The number of amides is 4. The average Bonchev–Trinajstić information content (AvgIpc) is 3.05. The van der Waals surface area contributed by atoms with Crippen LogP contribution in [0.4, 0.5) is 20.6 Å². The van der Waals surface area contributed by atoms with E-state index in [2.05, 4.69) is 10.6 Å². The van der Waals surface area contributed by atoms with Crippen LogP contribution < -0.4 is 10.6 Å². The summed E-state index contributed by atoms with van der Waals surface area (Å²) in [4.78, 5) is 50.9. The summed E-state index contributed by atoms with van der Waals surface area (Å²) in [5.41, 5.74) is 1.11. The maximum Gasteiger partial charge on any atom is 0.412 e. The molecule has 9 heteroatoms. The van der Waals surface area contributed by atoms with Gasteiger partial charge in [0.05, 0.1) is 23.4 Å². The first-order valence-electron chi connectivity index (χ1n) is 11.2. The fourth-order valence-electron chi connectivity index (χ4n) is 3.64. The van der Waals surface area contributed by atoms with Crippen LogP contribution in [0.1, 0.15) is 57.4 Å². The number of carbonyl (C=O) groups is 4. The van der Waals surface area contributed by atoms with Crippen LogP contribution >= 0.6 is 0 Å². The van der Waals surface area contributed by atoms with Crippen LogP contribution in [0, 0.1) is 5.82 Å². The van der Waals surface area contributed by atoms with E-state index in [-0.39, 0.29) is 29.7 Å². The van der Waals surface area contributed by atoms with E-state index in [0.717, 1.165) is 11.0 Å². The summed E-state index contributed by atoms with van der Waals surface area (Å²) in [5.74, 6) is -1.86. The highest BCUT2D eigenvalue weighted by atomic mass is 19.1. The first kappa shape index (κ1) is 24.6. The minimum absolute atomic E-state index is 0.0753. The minimum atomic E-state index is -0.821. The van der Waals surface area contributed by atoms with E-state index in [1.165, 1.54) is 12.1 Å². The van der Waals surface area contributed by atoms with E-state index >= 15 is 0 Å². The van der Waals surface area contributed by atoms with Crippen molar-refractivity contribution in [3.8, 4) is 0 Å². The SMILES string of the molecule is CC(C)(C)OC(=O)Nc1cc(NC(=O)c2ccc(CN3C(=O)c4ccccc4C3=O)cc2)ccc1F. The Balaban J connectivity index is 1.41. The van der Waals surface area contributed by atoms with Crippen molar-refractivity contribution < 1.29 is 28.3 Å². The van der Waals surface area contributed by atoms with Crippen LogP contribution in [0.5, 0.6) is 0 Å². The predicted molar refractivity (Wildman–Crippen MR) is 131 cm³/mol. The lowest BCUT2D eigenvalue weighted by molar-refractivity contribution is 0.0625. The molecule has 0 saturated heterocycles. The van der Waals surface area contributed by atoms with Gasteiger partial charge < -0.3 is 10.1 Å². The molecule has 0 radical (unpaired) electrons. The monoisotopic (exact) mass is 489 g/mol. The molecule has 1 aliphatic rings. The molecule has 0 fully saturated rings. The van der Waals surface area contributed by atoms with Gasteiger partial charge in [-0.2, -0.15) is 0 Å². The number of nitrogens with zero attached hydrogens (tertiary/aromatic N) is 1. The van der Waals surface area contributed by atoms with Crippen molar-refractivity contribution in [2.45, 2.75) is 32.9 Å². The predicted octanol–water partition coefficient (Wildman–Crippen LogP) is 5.22. The summed E-state index contributed by atoms with van der Waals surface area (Å²) in [6, 6.07) is 16.8. The van der Waals surface area contributed by atoms with E-state index in [1.54, 1.807) is 69.3 Å². The number of fused-ring (bicyclic) bond motifs is 1. The van der Waals surface area contributed by atoms with Crippen LogP contribution in [-0.4, -0.2) is 34.3 Å². The Kier molecular flexibility index (Phi) is 6.57. The van der Waals surface area contributed by atoms with Crippen molar-refractivity contribution in [3.05, 3.63) is 94.8 Å². The molecule has 0 saturated carbocycles. The third-order valence-corrected chi connectivity index (χ3v) is 5.29. The fraction of sp³-hybridized carbons (Fsp3) is 0.185. The normalized spacial score (nSPS) is 12.8. The van der Waals surface area contributed by atoms with Crippen LogP contribution in [0.2, 0.25) is 0 Å². The molecule has 184 valence electrons. The molecule has 1 heterocycles. The minimum Gasteiger partial charge on any atom is -0.444 e. The summed E-state index contributed by atoms with van der Waals surface area (Å²) in [5, 5.41) is 4.98. The highest BCUT2D eigenvalue weighted by Gasteiger charge is 2.34. The number of imide groups is 1. The number of rotatable bonds is 5. The standard InChI is InChI=1S/C27H24FN3O5/c1-27(2,3)36-26(35)30-22-14-18(12-13-21(22)28)29-23(32)17-10-8-16(9-11-17)15-31-24(33)19-6-4-5-7-20(19)25(31)34/h4-14H,15H2,1-3H3,(H,29,32)(H,30,35).